The third kappa shape index (κ3) is 2.05. The average Bonchev–Trinajstić information content (AvgIpc) is 2.54. The minimum Gasteiger partial charge on any atom is -0.465 e. The van der Waals surface area contributed by atoms with Crippen LogP contribution in [0.2, 0.25) is 0 Å². The molecule has 2 fully saturated rings. The van der Waals surface area contributed by atoms with Crippen molar-refractivity contribution < 1.29 is 9.53 Å². The molecule has 2 rings (SSSR count). The molecule has 1 saturated heterocycles. The van der Waals surface area contributed by atoms with E-state index in [1.54, 1.807) is 11.8 Å². The van der Waals surface area contributed by atoms with E-state index in [1.807, 2.05) is 6.92 Å². The lowest BCUT2D eigenvalue weighted by atomic mass is 9.80. The van der Waals surface area contributed by atoms with E-state index in [0.717, 1.165) is 12.8 Å². The molecule has 3 atom stereocenters. The number of carbonyl (C=O) groups is 1. The molecule has 4 heteroatoms. The molecule has 0 spiro atoms. The van der Waals surface area contributed by atoms with Crippen molar-refractivity contribution in [3.8, 4) is 0 Å². The second kappa shape index (κ2) is 4.56. The monoisotopic (exact) mass is 227 g/mol. The van der Waals surface area contributed by atoms with Crippen LogP contribution in [0.25, 0.3) is 0 Å². The molecule has 1 aliphatic heterocycles. The summed E-state index contributed by atoms with van der Waals surface area (Å²) in [7, 11) is 0. The van der Waals surface area contributed by atoms with Gasteiger partial charge in [0.1, 0.15) is 5.92 Å². The molecule has 1 aliphatic carbocycles. The topological polar surface area (TPSA) is 50.2 Å². The van der Waals surface area contributed by atoms with Gasteiger partial charge in [-0.25, -0.2) is 0 Å². The molecule has 1 heterocycles. The van der Waals surface area contributed by atoms with Crippen molar-refractivity contribution in [1.29, 1.82) is 5.41 Å². The fraction of sp³-hybridized carbons (Fsp3) is 0.818. The van der Waals surface area contributed by atoms with Crippen LogP contribution in [0.15, 0.2) is 0 Å². The molecule has 0 unspecified atom stereocenters. The van der Waals surface area contributed by atoms with Crippen LogP contribution in [-0.2, 0) is 9.53 Å². The van der Waals surface area contributed by atoms with Gasteiger partial charge in [-0.05, 0) is 25.7 Å². The van der Waals surface area contributed by atoms with Gasteiger partial charge in [0.05, 0.1) is 11.7 Å². The van der Waals surface area contributed by atoms with Crippen molar-refractivity contribution in [3.05, 3.63) is 0 Å². The lowest BCUT2D eigenvalue weighted by Crippen LogP contribution is -2.31. The quantitative estimate of drug-likeness (QED) is 0.737. The highest BCUT2D eigenvalue weighted by Gasteiger charge is 2.46. The van der Waals surface area contributed by atoms with Gasteiger partial charge in [0.25, 0.3) is 0 Å². The number of hydrogen-bond acceptors (Lipinski definition) is 4. The summed E-state index contributed by atoms with van der Waals surface area (Å²) in [5.41, 5.74) is 0. The summed E-state index contributed by atoms with van der Waals surface area (Å²) in [5, 5.41) is 8.91. The lowest BCUT2D eigenvalue weighted by Gasteiger charge is -2.26. The molecule has 0 amide bonds. The van der Waals surface area contributed by atoms with Gasteiger partial charge < -0.3 is 4.74 Å². The molecule has 1 saturated carbocycles. The van der Waals surface area contributed by atoms with Gasteiger partial charge in [0.15, 0.2) is 0 Å². The standard InChI is InChI=1S/C11H17NO2S/c1-2-14-11(13)9-7-5-3-4-6-8(7)15-10(9)12/h7-9,12H,2-6H2,1H3/t7-,8+,9+/m0/s1. The first-order chi connectivity index (χ1) is 7.24. The van der Waals surface area contributed by atoms with Crippen LogP contribution in [0, 0.1) is 17.2 Å². The van der Waals surface area contributed by atoms with Gasteiger partial charge in [-0.1, -0.05) is 12.8 Å². The van der Waals surface area contributed by atoms with E-state index in [4.69, 9.17) is 10.1 Å². The van der Waals surface area contributed by atoms with E-state index in [9.17, 15) is 4.79 Å². The van der Waals surface area contributed by atoms with Gasteiger partial charge in [-0.15, -0.1) is 11.8 Å². The zero-order valence-corrected chi connectivity index (χ0v) is 9.81. The Morgan fingerprint density at radius 1 is 1.53 bits per heavy atom. The van der Waals surface area contributed by atoms with Crippen molar-refractivity contribution in [3.63, 3.8) is 0 Å². The Morgan fingerprint density at radius 2 is 2.27 bits per heavy atom. The van der Waals surface area contributed by atoms with Crippen LogP contribution >= 0.6 is 11.8 Å². The Kier molecular flexibility index (Phi) is 3.34. The van der Waals surface area contributed by atoms with Gasteiger partial charge in [0.2, 0.25) is 0 Å². The molecule has 0 aromatic heterocycles. The number of rotatable bonds is 2. The molecule has 0 aromatic rings. The van der Waals surface area contributed by atoms with E-state index in [1.165, 1.54) is 12.8 Å². The first kappa shape index (κ1) is 11.0. The lowest BCUT2D eigenvalue weighted by molar-refractivity contribution is -0.147. The Bertz CT molecular complexity index is 280. The Labute approximate surface area is 94.5 Å². The fourth-order valence-electron chi connectivity index (χ4n) is 2.60. The molecule has 1 N–H and O–H groups in total. The second-order valence-electron chi connectivity index (χ2n) is 4.20. The van der Waals surface area contributed by atoms with Crippen LogP contribution < -0.4 is 0 Å². The minimum atomic E-state index is -0.250. The van der Waals surface area contributed by atoms with Crippen LogP contribution in [0.5, 0.6) is 0 Å². The summed E-state index contributed by atoms with van der Waals surface area (Å²) in [6.45, 7) is 2.24. The second-order valence-corrected chi connectivity index (χ2v) is 5.48. The maximum Gasteiger partial charge on any atom is 0.315 e. The number of thioether (sulfide) groups is 1. The summed E-state index contributed by atoms with van der Waals surface area (Å²) >= 11 is 1.59. The van der Waals surface area contributed by atoms with E-state index in [2.05, 4.69) is 0 Å². The molecule has 2 aliphatic rings. The summed E-state index contributed by atoms with van der Waals surface area (Å²) in [4.78, 5) is 11.7. The smallest absolute Gasteiger partial charge is 0.315 e. The Balaban J connectivity index is 2.09. The molecule has 84 valence electrons. The molecular weight excluding hydrogens is 210 g/mol. The zero-order chi connectivity index (χ0) is 10.8. The fourth-order valence-corrected chi connectivity index (χ4v) is 4.09. The van der Waals surface area contributed by atoms with Crippen LogP contribution in [0.4, 0.5) is 0 Å². The zero-order valence-electron chi connectivity index (χ0n) is 8.99. The number of hydrogen-bond donors (Lipinski definition) is 1. The number of carbonyl (C=O) groups excluding carboxylic acids is 1. The third-order valence-corrected chi connectivity index (χ3v) is 4.68. The minimum absolute atomic E-state index is 0.176. The summed E-state index contributed by atoms with van der Waals surface area (Å²) < 4.78 is 5.05. The maximum absolute atomic E-state index is 11.7. The highest BCUT2D eigenvalue weighted by atomic mass is 32.2. The molecule has 0 radical (unpaired) electrons. The average molecular weight is 227 g/mol. The van der Waals surface area contributed by atoms with E-state index in [0.29, 0.717) is 22.8 Å². The van der Waals surface area contributed by atoms with Crippen LogP contribution in [0.1, 0.15) is 32.6 Å². The Hall–Kier alpha value is -0.510. The van der Waals surface area contributed by atoms with Gasteiger partial charge >= 0.3 is 5.97 Å². The molecule has 3 nitrogen and oxygen atoms in total. The molecule has 0 bridgehead atoms. The van der Waals surface area contributed by atoms with Gasteiger partial charge in [-0.2, -0.15) is 0 Å². The molecule has 0 aromatic carbocycles. The van der Waals surface area contributed by atoms with Crippen molar-refractivity contribution in [2.45, 2.75) is 37.9 Å². The van der Waals surface area contributed by atoms with Crippen LogP contribution in [0.3, 0.4) is 0 Å². The Morgan fingerprint density at radius 3 is 3.00 bits per heavy atom. The van der Waals surface area contributed by atoms with E-state index < -0.39 is 0 Å². The predicted octanol–water partition coefficient (Wildman–Crippen LogP) is 2.45. The molecular formula is C11H17NO2S. The normalized spacial score (nSPS) is 35.0. The summed E-state index contributed by atoms with van der Waals surface area (Å²) in [5.74, 6) is -0.0556. The summed E-state index contributed by atoms with van der Waals surface area (Å²) in [6.07, 6.45) is 4.69. The maximum atomic E-state index is 11.7. The highest BCUT2D eigenvalue weighted by molar-refractivity contribution is 8.14. The third-order valence-electron chi connectivity index (χ3n) is 3.28. The number of esters is 1. The van der Waals surface area contributed by atoms with E-state index in [-0.39, 0.29) is 11.9 Å². The largest absolute Gasteiger partial charge is 0.465 e. The van der Waals surface area contributed by atoms with Crippen molar-refractivity contribution in [1.82, 2.24) is 0 Å². The predicted molar refractivity (Wildman–Crippen MR) is 61.2 cm³/mol. The van der Waals surface area contributed by atoms with Gasteiger partial charge in [0, 0.05) is 5.25 Å². The molecule has 15 heavy (non-hydrogen) atoms. The SMILES string of the molecule is CCOC(=O)[C@H]1C(=N)S[C@@H]2CCCC[C@H]12. The van der Waals surface area contributed by atoms with Crippen LogP contribution in [-0.4, -0.2) is 22.9 Å². The summed E-state index contributed by atoms with van der Waals surface area (Å²) in [6, 6.07) is 0. The number of fused-ring (bicyclic) bond motifs is 1. The van der Waals surface area contributed by atoms with E-state index >= 15 is 0 Å². The number of ether oxygens (including phenoxy) is 1. The first-order valence-corrected chi connectivity index (χ1v) is 6.53. The van der Waals surface area contributed by atoms with Gasteiger partial charge in [-0.3, -0.25) is 10.2 Å². The van der Waals surface area contributed by atoms with Crippen molar-refractivity contribution in [2.24, 2.45) is 11.8 Å². The van der Waals surface area contributed by atoms with Crippen molar-refractivity contribution >= 4 is 22.8 Å². The first-order valence-electron chi connectivity index (χ1n) is 5.65. The van der Waals surface area contributed by atoms with Crippen molar-refractivity contribution in [2.75, 3.05) is 6.61 Å². The number of nitrogens with one attached hydrogen (secondary N) is 1. The highest BCUT2D eigenvalue weighted by Crippen LogP contribution is 2.46.